The van der Waals surface area contributed by atoms with Gasteiger partial charge in [-0.25, -0.2) is 0 Å². The quantitative estimate of drug-likeness (QED) is 0.806. The SMILES string of the molecule is CNC(=O)c1cc(Cl)c(C(C)(C)C#N)c(C)c1N. The molecule has 0 aliphatic heterocycles. The van der Waals surface area contributed by atoms with Crippen LogP contribution in [0.15, 0.2) is 6.07 Å². The van der Waals surface area contributed by atoms with E-state index >= 15 is 0 Å². The van der Waals surface area contributed by atoms with Gasteiger partial charge in [-0.2, -0.15) is 5.26 Å². The van der Waals surface area contributed by atoms with Crippen molar-refractivity contribution >= 4 is 23.2 Å². The van der Waals surface area contributed by atoms with E-state index in [1.165, 1.54) is 13.1 Å². The maximum Gasteiger partial charge on any atom is 0.253 e. The van der Waals surface area contributed by atoms with Gasteiger partial charge in [0.05, 0.1) is 17.0 Å². The minimum Gasteiger partial charge on any atom is -0.398 e. The summed E-state index contributed by atoms with van der Waals surface area (Å²) in [5, 5.41) is 12.1. The van der Waals surface area contributed by atoms with Crippen LogP contribution in [0.5, 0.6) is 0 Å². The molecule has 0 saturated carbocycles. The highest BCUT2D eigenvalue weighted by Gasteiger charge is 2.28. The summed E-state index contributed by atoms with van der Waals surface area (Å²) in [6.45, 7) is 5.29. The summed E-state index contributed by atoms with van der Waals surface area (Å²) in [5.74, 6) is -0.293. The van der Waals surface area contributed by atoms with Crippen molar-refractivity contribution in [1.82, 2.24) is 5.32 Å². The van der Waals surface area contributed by atoms with Crippen LogP contribution in [0.1, 0.15) is 35.3 Å². The second kappa shape index (κ2) is 4.87. The number of halogens is 1. The Morgan fingerprint density at radius 1 is 1.56 bits per heavy atom. The first kappa shape index (κ1) is 14.3. The lowest BCUT2D eigenvalue weighted by atomic mass is 9.82. The summed E-state index contributed by atoms with van der Waals surface area (Å²) < 4.78 is 0. The number of nitrogens with one attached hydrogen (secondary N) is 1. The number of nitriles is 1. The Balaban J connectivity index is 3.59. The highest BCUT2D eigenvalue weighted by atomic mass is 35.5. The molecule has 1 amide bonds. The molecule has 0 aliphatic rings. The molecular weight excluding hydrogens is 250 g/mol. The largest absolute Gasteiger partial charge is 0.398 e. The standard InChI is InChI=1S/C13H16ClN3O/c1-7-10(13(2,3)6-15)9(14)5-8(11(7)16)12(18)17-4/h5H,16H2,1-4H3,(H,17,18). The van der Waals surface area contributed by atoms with E-state index in [0.29, 0.717) is 27.4 Å². The van der Waals surface area contributed by atoms with Gasteiger partial charge in [-0.05, 0) is 38.0 Å². The Bertz CT molecular complexity index is 544. The van der Waals surface area contributed by atoms with Crippen LogP contribution in [-0.4, -0.2) is 13.0 Å². The number of nitrogens with zero attached hydrogens (tertiary/aromatic N) is 1. The molecular formula is C13H16ClN3O. The maximum atomic E-state index is 11.7. The van der Waals surface area contributed by atoms with Crippen molar-refractivity contribution in [2.45, 2.75) is 26.2 Å². The zero-order chi connectivity index (χ0) is 14.1. The van der Waals surface area contributed by atoms with Crippen LogP contribution in [0.3, 0.4) is 0 Å². The molecule has 0 radical (unpaired) electrons. The normalized spacial score (nSPS) is 10.9. The second-order valence-electron chi connectivity index (χ2n) is 4.64. The molecule has 0 heterocycles. The fraction of sp³-hybridized carbons (Fsp3) is 0.385. The molecule has 1 aromatic carbocycles. The molecule has 0 bridgehead atoms. The average molecular weight is 266 g/mol. The number of carbonyl (C=O) groups excluding carboxylic acids is 1. The van der Waals surface area contributed by atoms with Crippen molar-refractivity contribution in [2.24, 2.45) is 0 Å². The molecule has 0 fully saturated rings. The molecule has 0 saturated heterocycles. The Morgan fingerprint density at radius 3 is 2.56 bits per heavy atom. The number of hydrogen-bond acceptors (Lipinski definition) is 3. The molecule has 0 aromatic heterocycles. The van der Waals surface area contributed by atoms with Gasteiger partial charge in [0.1, 0.15) is 0 Å². The molecule has 0 spiro atoms. The van der Waals surface area contributed by atoms with E-state index in [4.69, 9.17) is 17.3 Å². The van der Waals surface area contributed by atoms with E-state index in [-0.39, 0.29) is 5.91 Å². The van der Waals surface area contributed by atoms with Crippen LogP contribution < -0.4 is 11.1 Å². The number of hydrogen-bond donors (Lipinski definition) is 2. The van der Waals surface area contributed by atoms with Crippen LogP contribution in [0.25, 0.3) is 0 Å². The number of benzene rings is 1. The Labute approximate surface area is 112 Å². The molecule has 5 heteroatoms. The van der Waals surface area contributed by atoms with Gasteiger partial charge in [0.15, 0.2) is 0 Å². The monoisotopic (exact) mass is 265 g/mol. The van der Waals surface area contributed by atoms with Gasteiger partial charge >= 0.3 is 0 Å². The van der Waals surface area contributed by atoms with Crippen molar-refractivity contribution in [1.29, 1.82) is 5.26 Å². The third kappa shape index (κ3) is 2.27. The van der Waals surface area contributed by atoms with Gasteiger partial charge in [-0.3, -0.25) is 4.79 Å². The number of carbonyl (C=O) groups is 1. The van der Waals surface area contributed by atoms with Crippen LogP contribution in [-0.2, 0) is 5.41 Å². The van der Waals surface area contributed by atoms with E-state index in [2.05, 4.69) is 11.4 Å². The van der Waals surface area contributed by atoms with Crippen LogP contribution >= 0.6 is 11.6 Å². The third-order valence-corrected chi connectivity index (χ3v) is 3.25. The lowest BCUT2D eigenvalue weighted by molar-refractivity contribution is 0.0964. The summed E-state index contributed by atoms with van der Waals surface area (Å²) in [6, 6.07) is 3.70. The Morgan fingerprint density at radius 2 is 2.11 bits per heavy atom. The second-order valence-corrected chi connectivity index (χ2v) is 5.04. The molecule has 18 heavy (non-hydrogen) atoms. The molecule has 1 aromatic rings. The van der Waals surface area contributed by atoms with Crippen LogP contribution in [0.4, 0.5) is 5.69 Å². The topological polar surface area (TPSA) is 78.9 Å². The van der Waals surface area contributed by atoms with Gasteiger partial charge < -0.3 is 11.1 Å². The molecule has 96 valence electrons. The highest BCUT2D eigenvalue weighted by Crippen LogP contribution is 2.36. The maximum absolute atomic E-state index is 11.7. The number of nitrogens with two attached hydrogens (primary N) is 1. The zero-order valence-corrected chi connectivity index (χ0v) is 11.6. The minimum absolute atomic E-state index is 0.293. The molecule has 4 nitrogen and oxygen atoms in total. The minimum atomic E-state index is -0.753. The number of nitrogen functional groups attached to an aromatic ring is 1. The van der Waals surface area contributed by atoms with E-state index in [1.54, 1.807) is 20.8 Å². The fourth-order valence-corrected chi connectivity index (χ4v) is 2.43. The summed E-state index contributed by atoms with van der Waals surface area (Å²) >= 11 is 6.18. The predicted octanol–water partition coefficient (Wildman–Crippen LogP) is 2.39. The molecule has 0 unspecified atom stereocenters. The van der Waals surface area contributed by atoms with E-state index in [1.807, 2.05) is 0 Å². The van der Waals surface area contributed by atoms with Crippen molar-refractivity contribution in [3.05, 3.63) is 27.8 Å². The van der Waals surface area contributed by atoms with E-state index < -0.39 is 5.41 Å². The summed E-state index contributed by atoms with van der Waals surface area (Å²) in [6.07, 6.45) is 0. The first-order valence-corrected chi connectivity index (χ1v) is 5.86. The van der Waals surface area contributed by atoms with Gasteiger partial charge in [-0.15, -0.1) is 0 Å². The van der Waals surface area contributed by atoms with Crippen LogP contribution in [0.2, 0.25) is 5.02 Å². The first-order valence-electron chi connectivity index (χ1n) is 5.48. The molecule has 3 N–H and O–H groups in total. The number of rotatable bonds is 2. The van der Waals surface area contributed by atoms with Gasteiger partial charge in [0.25, 0.3) is 5.91 Å². The van der Waals surface area contributed by atoms with Gasteiger partial charge in [-0.1, -0.05) is 11.6 Å². The number of anilines is 1. The molecule has 0 atom stereocenters. The predicted molar refractivity (Wildman–Crippen MR) is 72.6 cm³/mol. The van der Waals surface area contributed by atoms with Gasteiger partial charge in [0.2, 0.25) is 0 Å². The Hall–Kier alpha value is -1.73. The van der Waals surface area contributed by atoms with E-state index in [0.717, 1.165) is 0 Å². The first-order chi connectivity index (χ1) is 8.26. The molecule has 0 aliphatic carbocycles. The number of amides is 1. The lowest BCUT2D eigenvalue weighted by Gasteiger charge is -2.22. The third-order valence-electron chi connectivity index (χ3n) is 2.96. The van der Waals surface area contributed by atoms with E-state index in [9.17, 15) is 10.1 Å². The van der Waals surface area contributed by atoms with Crippen LogP contribution in [0, 0.1) is 18.3 Å². The van der Waals surface area contributed by atoms with Crippen molar-refractivity contribution in [2.75, 3.05) is 12.8 Å². The summed E-state index contributed by atoms with van der Waals surface area (Å²) in [4.78, 5) is 11.7. The fourth-order valence-electron chi connectivity index (χ4n) is 1.94. The highest BCUT2D eigenvalue weighted by molar-refractivity contribution is 6.32. The summed E-state index contributed by atoms with van der Waals surface area (Å²) in [7, 11) is 1.53. The zero-order valence-electron chi connectivity index (χ0n) is 10.9. The smallest absolute Gasteiger partial charge is 0.253 e. The van der Waals surface area contributed by atoms with Gasteiger partial charge in [0, 0.05) is 17.8 Å². The molecule has 1 rings (SSSR count). The Kier molecular flexibility index (Phi) is 3.88. The summed E-state index contributed by atoms with van der Waals surface area (Å²) in [5.41, 5.74) is 7.22. The van der Waals surface area contributed by atoms with Crippen molar-refractivity contribution in [3.8, 4) is 6.07 Å². The van der Waals surface area contributed by atoms with Crippen molar-refractivity contribution < 1.29 is 4.79 Å². The van der Waals surface area contributed by atoms with Crippen molar-refractivity contribution in [3.63, 3.8) is 0 Å². The average Bonchev–Trinajstić information content (AvgIpc) is 2.32. The lowest BCUT2D eigenvalue weighted by Crippen LogP contribution is -2.23.